The Morgan fingerprint density at radius 3 is 2.38 bits per heavy atom. The fourth-order valence-corrected chi connectivity index (χ4v) is 4.96. The van der Waals surface area contributed by atoms with Gasteiger partial charge in [-0.2, -0.15) is 13.2 Å². The van der Waals surface area contributed by atoms with Crippen molar-refractivity contribution in [3.8, 4) is 5.75 Å². The van der Waals surface area contributed by atoms with Crippen LogP contribution in [0.1, 0.15) is 23.1 Å². The summed E-state index contributed by atoms with van der Waals surface area (Å²) in [5.74, 6) is 0.476. The zero-order valence-electron chi connectivity index (χ0n) is 21.5. The van der Waals surface area contributed by atoms with E-state index in [0.717, 1.165) is 18.2 Å². The number of thioether (sulfide) groups is 1. The number of nitrogens with zero attached hydrogens (tertiary/aromatic N) is 4. The number of rotatable bonds is 7. The quantitative estimate of drug-likeness (QED) is 0.0963. The minimum atomic E-state index is -4.78. The standard InChI is InChI=1S/C27H21ClF6N6OS/c28-22-4-1-3-21(26(29,30)31)23(22)40-13-2-14-42-25(40)39-38-15-17-5-7-18(8-6-17)24(35)37-16-36-19-9-11-20(12-10-19)41-27(32,33)34/h1,3-12,15-16H,2,13-14H2,(H2,35,36,37)/p+1/b38-15+. The molecule has 0 radical (unpaired) electrons. The van der Waals surface area contributed by atoms with Crippen LogP contribution in [0.25, 0.3) is 0 Å². The molecule has 0 aliphatic carbocycles. The van der Waals surface area contributed by atoms with Crippen LogP contribution in [-0.4, -0.2) is 46.8 Å². The van der Waals surface area contributed by atoms with Crippen LogP contribution in [0.2, 0.25) is 5.02 Å². The topological polar surface area (TPSA) is 87.4 Å². The van der Waals surface area contributed by atoms with Gasteiger partial charge in [0.15, 0.2) is 5.69 Å². The molecule has 0 spiro atoms. The molecule has 7 nitrogen and oxygen atoms in total. The maximum atomic E-state index is 13.7. The van der Waals surface area contributed by atoms with Gasteiger partial charge < -0.3 is 10.5 Å². The van der Waals surface area contributed by atoms with E-state index in [4.69, 9.17) is 17.3 Å². The van der Waals surface area contributed by atoms with Crippen molar-refractivity contribution in [3.63, 3.8) is 0 Å². The van der Waals surface area contributed by atoms with Crippen LogP contribution < -0.4 is 15.9 Å². The lowest BCUT2D eigenvalue weighted by molar-refractivity contribution is -0.443. The third-order valence-corrected chi connectivity index (χ3v) is 7.01. The molecule has 0 amide bonds. The number of nitrogens with two attached hydrogens (primary N) is 1. The van der Waals surface area contributed by atoms with E-state index < -0.39 is 18.1 Å². The molecule has 1 heterocycles. The van der Waals surface area contributed by atoms with Crippen LogP contribution in [0.15, 0.2) is 81.8 Å². The number of hydrogen-bond donors (Lipinski definition) is 2. The Hall–Kier alpha value is -4.04. The summed E-state index contributed by atoms with van der Waals surface area (Å²) in [6.07, 6.45) is -6.02. The van der Waals surface area contributed by atoms with Gasteiger partial charge in [-0.15, -0.1) is 18.6 Å². The summed E-state index contributed by atoms with van der Waals surface area (Å²) in [7, 11) is 0. The molecule has 0 bridgehead atoms. The molecule has 4 rings (SSSR count). The molecule has 0 saturated carbocycles. The highest BCUT2D eigenvalue weighted by Crippen LogP contribution is 2.41. The summed E-state index contributed by atoms with van der Waals surface area (Å²) in [5.41, 5.74) is 9.48. The number of alkyl halides is 6. The first-order valence-electron chi connectivity index (χ1n) is 12.1. The van der Waals surface area contributed by atoms with Gasteiger partial charge in [0.2, 0.25) is 0 Å². The summed E-state index contributed by atoms with van der Waals surface area (Å²) in [5, 5.41) is 4.60. The van der Waals surface area contributed by atoms with Crippen molar-refractivity contribution >= 4 is 58.3 Å². The van der Waals surface area contributed by atoms with Gasteiger partial charge in [0.05, 0.1) is 23.5 Å². The number of aliphatic imine (C=N–C) groups is 2. The van der Waals surface area contributed by atoms with Crippen molar-refractivity contribution in [2.24, 2.45) is 20.8 Å². The molecule has 3 N–H and O–H groups in total. The fraction of sp³-hybridized carbons (Fsp3) is 0.185. The van der Waals surface area contributed by atoms with Crippen LogP contribution in [0.3, 0.4) is 0 Å². The van der Waals surface area contributed by atoms with Crippen LogP contribution in [0.4, 0.5) is 37.7 Å². The molecule has 0 unspecified atom stereocenters. The molecule has 42 heavy (non-hydrogen) atoms. The van der Waals surface area contributed by atoms with Crippen LogP contribution in [-0.2, 0) is 6.18 Å². The average Bonchev–Trinajstić information content (AvgIpc) is 2.93. The molecule has 3 aromatic carbocycles. The summed E-state index contributed by atoms with van der Waals surface area (Å²) in [6.45, 7) is 0.339. The van der Waals surface area contributed by atoms with Crippen molar-refractivity contribution in [2.75, 3.05) is 12.3 Å². The first-order valence-corrected chi connectivity index (χ1v) is 13.5. The lowest BCUT2D eigenvalue weighted by atomic mass is 10.1. The van der Waals surface area contributed by atoms with Gasteiger partial charge in [-0.05, 0) is 60.1 Å². The summed E-state index contributed by atoms with van der Waals surface area (Å²) in [6, 6.07) is 15.4. The molecule has 0 saturated heterocycles. The van der Waals surface area contributed by atoms with Gasteiger partial charge in [-0.1, -0.05) is 47.0 Å². The largest absolute Gasteiger partial charge is 0.573 e. The van der Waals surface area contributed by atoms with E-state index in [1.54, 1.807) is 24.3 Å². The van der Waals surface area contributed by atoms with Gasteiger partial charge in [-0.25, -0.2) is 14.6 Å². The third kappa shape index (κ3) is 8.49. The van der Waals surface area contributed by atoms with Crippen molar-refractivity contribution < 1.29 is 35.7 Å². The Labute approximate surface area is 245 Å². The molecule has 0 aromatic heterocycles. The molecule has 0 fully saturated rings. The smallest absolute Gasteiger partial charge is 0.406 e. The van der Waals surface area contributed by atoms with E-state index in [0.29, 0.717) is 40.7 Å². The molecule has 0 atom stereocenters. The van der Waals surface area contributed by atoms with Crippen molar-refractivity contribution in [2.45, 2.75) is 19.0 Å². The predicted octanol–water partition coefficient (Wildman–Crippen LogP) is 7.08. The maximum Gasteiger partial charge on any atom is 0.573 e. The zero-order valence-corrected chi connectivity index (χ0v) is 23.0. The van der Waals surface area contributed by atoms with Gasteiger partial charge in [0.1, 0.15) is 23.5 Å². The number of para-hydroxylation sites is 1. The number of amidine groups is 2. The molecular formula is C27H22ClF6N6OS+. The summed E-state index contributed by atoms with van der Waals surface area (Å²) >= 11 is 7.53. The van der Waals surface area contributed by atoms with Crippen molar-refractivity contribution in [1.29, 1.82) is 0 Å². The molecule has 3 aromatic rings. The summed E-state index contributed by atoms with van der Waals surface area (Å²) < 4.78 is 83.1. The molecule has 15 heteroatoms. The number of benzene rings is 3. The maximum absolute atomic E-state index is 13.7. The predicted molar refractivity (Wildman–Crippen MR) is 152 cm³/mol. The lowest BCUT2D eigenvalue weighted by Crippen LogP contribution is -2.31. The first-order chi connectivity index (χ1) is 19.9. The van der Waals surface area contributed by atoms with E-state index in [9.17, 15) is 26.3 Å². The van der Waals surface area contributed by atoms with E-state index in [-0.39, 0.29) is 22.3 Å². The second kappa shape index (κ2) is 13.3. The van der Waals surface area contributed by atoms with Gasteiger partial charge in [-0.3, -0.25) is 0 Å². The van der Waals surface area contributed by atoms with Gasteiger partial charge >= 0.3 is 17.7 Å². The van der Waals surface area contributed by atoms with Crippen LogP contribution in [0, 0.1) is 0 Å². The highest BCUT2D eigenvalue weighted by atomic mass is 35.5. The Morgan fingerprint density at radius 1 is 1.00 bits per heavy atom. The third-order valence-electron chi connectivity index (χ3n) is 5.63. The zero-order chi connectivity index (χ0) is 30.3. The Morgan fingerprint density at radius 2 is 1.71 bits per heavy atom. The number of hydrazone groups is 1. The Balaban J connectivity index is 1.42. The van der Waals surface area contributed by atoms with Gasteiger partial charge in [0, 0.05) is 11.3 Å². The van der Waals surface area contributed by atoms with Gasteiger partial charge in [0.25, 0.3) is 0 Å². The number of ether oxygens (including phenoxy) is 1. The first kappa shape index (κ1) is 30.9. The second-order valence-corrected chi connectivity index (χ2v) is 10.1. The number of hydrogen-bond acceptors (Lipinski definition) is 5. The highest BCUT2D eigenvalue weighted by Gasteiger charge is 2.38. The Kier molecular flexibility index (Phi) is 9.78. The summed E-state index contributed by atoms with van der Waals surface area (Å²) in [4.78, 5) is 8.06. The van der Waals surface area contributed by atoms with Crippen molar-refractivity contribution in [3.05, 3.63) is 88.4 Å². The second-order valence-electron chi connectivity index (χ2n) is 8.59. The van der Waals surface area contributed by atoms with E-state index in [1.807, 2.05) is 0 Å². The molecule has 1 aliphatic heterocycles. The lowest BCUT2D eigenvalue weighted by Gasteiger charge is -2.19. The van der Waals surface area contributed by atoms with E-state index in [1.165, 1.54) is 53.2 Å². The molecule has 1 aliphatic rings. The monoisotopic (exact) mass is 627 g/mol. The Bertz CT molecular complexity index is 1520. The highest BCUT2D eigenvalue weighted by molar-refractivity contribution is 8.13. The number of nitrogens with one attached hydrogen (secondary N) is 1. The van der Waals surface area contributed by atoms with Crippen LogP contribution >= 0.6 is 23.4 Å². The van der Waals surface area contributed by atoms with Crippen LogP contribution in [0.5, 0.6) is 5.75 Å². The minimum absolute atomic E-state index is 0.0102. The van der Waals surface area contributed by atoms with Crippen molar-refractivity contribution in [1.82, 2.24) is 5.43 Å². The SMILES string of the molecule is NC(=NC=Nc1ccc(OC(F)(F)F)cc1)c1ccc(/C=N/NC2=[N+](c3c(Cl)cccc3C(F)(F)F)CCCS2)cc1. The minimum Gasteiger partial charge on any atom is -0.406 e. The molecular weight excluding hydrogens is 606 g/mol. The number of halogens is 7. The van der Waals surface area contributed by atoms with E-state index in [2.05, 4.69) is 25.2 Å². The average molecular weight is 628 g/mol. The fourth-order valence-electron chi connectivity index (χ4n) is 3.76. The normalized spacial score (nSPS) is 15.1. The molecule has 220 valence electrons. The van der Waals surface area contributed by atoms with E-state index >= 15 is 0 Å².